The summed E-state index contributed by atoms with van der Waals surface area (Å²) in [5.41, 5.74) is 1.72. The number of nitrogens with one attached hydrogen (secondary N) is 1. The van der Waals surface area contributed by atoms with Crippen LogP contribution in [0.1, 0.15) is 57.6 Å². The van der Waals surface area contributed by atoms with Crippen molar-refractivity contribution < 1.29 is 14.3 Å². The van der Waals surface area contributed by atoms with Crippen LogP contribution in [0.4, 0.5) is 5.82 Å². The molecular weight excluding hydrogens is 406 g/mol. The summed E-state index contributed by atoms with van der Waals surface area (Å²) >= 11 is 0. The average Bonchev–Trinajstić information content (AvgIpc) is 2.82. The van der Waals surface area contributed by atoms with E-state index in [-0.39, 0.29) is 17.8 Å². The number of anilines is 1. The lowest BCUT2D eigenvalue weighted by molar-refractivity contribution is -0.148. The van der Waals surface area contributed by atoms with Gasteiger partial charge in [-0.2, -0.15) is 5.26 Å². The van der Waals surface area contributed by atoms with Gasteiger partial charge in [-0.3, -0.25) is 9.59 Å². The number of nitriles is 1. The SMILES string of the molecule is CCCCCNC(=O)C(C#N)c1nc2ccccc2nc1N1CCC(C(=O)OCC)CC1. The Kier molecular flexibility index (Phi) is 8.37. The summed E-state index contributed by atoms with van der Waals surface area (Å²) in [5, 5.41) is 12.7. The molecule has 1 aliphatic heterocycles. The van der Waals surface area contributed by atoms with Crippen LogP contribution >= 0.6 is 0 Å². The summed E-state index contributed by atoms with van der Waals surface area (Å²) < 4.78 is 5.16. The van der Waals surface area contributed by atoms with E-state index in [0.717, 1.165) is 19.3 Å². The molecular formula is C24H31N5O3. The quantitative estimate of drug-likeness (QED) is 0.473. The van der Waals surface area contributed by atoms with Crippen molar-refractivity contribution in [3.8, 4) is 6.07 Å². The largest absolute Gasteiger partial charge is 0.466 e. The van der Waals surface area contributed by atoms with Gasteiger partial charge in [0.2, 0.25) is 5.91 Å². The number of ether oxygens (including phenoxy) is 1. The minimum atomic E-state index is -1.05. The highest BCUT2D eigenvalue weighted by atomic mass is 16.5. The van der Waals surface area contributed by atoms with E-state index in [0.29, 0.717) is 61.6 Å². The summed E-state index contributed by atoms with van der Waals surface area (Å²) in [6.07, 6.45) is 4.21. The maximum absolute atomic E-state index is 12.8. The zero-order valence-electron chi connectivity index (χ0n) is 18.8. The Morgan fingerprint density at radius 3 is 2.50 bits per heavy atom. The molecule has 1 unspecified atom stereocenters. The van der Waals surface area contributed by atoms with Gasteiger partial charge >= 0.3 is 5.97 Å². The van der Waals surface area contributed by atoms with Crippen molar-refractivity contribution in [2.24, 2.45) is 5.92 Å². The number of aromatic nitrogens is 2. The van der Waals surface area contributed by atoms with Crippen LogP contribution in [0.3, 0.4) is 0 Å². The van der Waals surface area contributed by atoms with Crippen molar-refractivity contribution in [3.05, 3.63) is 30.0 Å². The second kappa shape index (κ2) is 11.4. The highest BCUT2D eigenvalue weighted by Gasteiger charge is 2.32. The first kappa shape index (κ1) is 23.5. The predicted octanol–water partition coefficient (Wildman–Crippen LogP) is 3.32. The van der Waals surface area contributed by atoms with Crippen molar-refractivity contribution in [2.45, 2.75) is 51.9 Å². The minimum Gasteiger partial charge on any atom is -0.466 e. The number of carbonyl (C=O) groups excluding carboxylic acids is 2. The number of hydrogen-bond donors (Lipinski definition) is 1. The Morgan fingerprint density at radius 1 is 1.19 bits per heavy atom. The first-order valence-electron chi connectivity index (χ1n) is 11.4. The average molecular weight is 438 g/mol. The van der Waals surface area contributed by atoms with Crippen LogP contribution in [-0.4, -0.2) is 48.1 Å². The van der Waals surface area contributed by atoms with Gasteiger partial charge in [-0.1, -0.05) is 31.9 Å². The van der Waals surface area contributed by atoms with E-state index in [4.69, 9.17) is 14.7 Å². The molecule has 1 aromatic carbocycles. The van der Waals surface area contributed by atoms with Crippen LogP contribution in [0.2, 0.25) is 0 Å². The lowest BCUT2D eigenvalue weighted by Crippen LogP contribution is -2.39. The summed E-state index contributed by atoms with van der Waals surface area (Å²) in [4.78, 5) is 36.5. The number of para-hydroxylation sites is 2. The molecule has 1 aliphatic rings. The van der Waals surface area contributed by atoms with Crippen molar-refractivity contribution in [1.29, 1.82) is 5.26 Å². The molecule has 0 saturated carbocycles. The number of unbranched alkanes of at least 4 members (excludes halogenated alkanes) is 2. The van der Waals surface area contributed by atoms with Crippen molar-refractivity contribution in [2.75, 3.05) is 31.1 Å². The second-order valence-corrected chi connectivity index (χ2v) is 7.99. The van der Waals surface area contributed by atoms with E-state index in [1.807, 2.05) is 29.2 Å². The maximum Gasteiger partial charge on any atom is 0.309 e. The first-order valence-corrected chi connectivity index (χ1v) is 11.4. The van der Waals surface area contributed by atoms with Gasteiger partial charge in [0.25, 0.3) is 0 Å². The summed E-state index contributed by atoms with van der Waals surface area (Å²) in [5.74, 6) is -1.17. The number of piperidine rings is 1. The third-order valence-electron chi connectivity index (χ3n) is 5.74. The molecule has 8 nitrogen and oxygen atoms in total. The molecule has 1 fully saturated rings. The fourth-order valence-corrected chi connectivity index (χ4v) is 3.95. The molecule has 1 aromatic heterocycles. The van der Waals surface area contributed by atoms with Crippen LogP contribution in [0.25, 0.3) is 11.0 Å². The predicted molar refractivity (Wildman–Crippen MR) is 122 cm³/mol. The molecule has 8 heteroatoms. The summed E-state index contributed by atoms with van der Waals surface area (Å²) in [6, 6.07) is 9.57. The third-order valence-corrected chi connectivity index (χ3v) is 5.74. The van der Waals surface area contributed by atoms with E-state index in [2.05, 4.69) is 18.3 Å². The normalized spacial score (nSPS) is 15.2. The van der Waals surface area contributed by atoms with Gasteiger partial charge in [-0.05, 0) is 38.3 Å². The van der Waals surface area contributed by atoms with E-state index in [1.165, 1.54) is 0 Å². The van der Waals surface area contributed by atoms with E-state index in [9.17, 15) is 14.9 Å². The fraction of sp³-hybridized carbons (Fsp3) is 0.542. The van der Waals surface area contributed by atoms with Crippen LogP contribution < -0.4 is 10.2 Å². The fourth-order valence-electron chi connectivity index (χ4n) is 3.95. The smallest absolute Gasteiger partial charge is 0.309 e. The molecule has 170 valence electrons. The minimum absolute atomic E-state index is 0.142. The van der Waals surface area contributed by atoms with E-state index in [1.54, 1.807) is 6.92 Å². The number of hydrogen-bond acceptors (Lipinski definition) is 7. The number of carbonyl (C=O) groups is 2. The highest BCUT2D eigenvalue weighted by molar-refractivity contribution is 5.88. The summed E-state index contributed by atoms with van der Waals surface area (Å²) in [7, 11) is 0. The standard InChI is InChI=1S/C24H31N5O3/c1-3-5-8-13-26-23(30)18(16-25)21-22(28-20-10-7-6-9-19(20)27-21)29-14-11-17(12-15-29)24(31)32-4-2/h6-7,9-10,17-18H,3-5,8,11-15H2,1-2H3,(H,26,30). The molecule has 2 aromatic rings. The van der Waals surface area contributed by atoms with Gasteiger partial charge in [-0.25, -0.2) is 9.97 Å². The monoisotopic (exact) mass is 437 g/mol. The van der Waals surface area contributed by atoms with Gasteiger partial charge in [0.15, 0.2) is 11.7 Å². The van der Waals surface area contributed by atoms with Crippen LogP contribution in [0.15, 0.2) is 24.3 Å². The Hall–Kier alpha value is -3.21. The molecule has 0 spiro atoms. The zero-order valence-corrected chi connectivity index (χ0v) is 18.8. The number of esters is 1. The topological polar surface area (TPSA) is 108 Å². The molecule has 0 radical (unpaired) electrons. The first-order chi connectivity index (χ1) is 15.6. The van der Waals surface area contributed by atoms with Crippen LogP contribution in [-0.2, 0) is 14.3 Å². The molecule has 1 saturated heterocycles. The van der Waals surface area contributed by atoms with Crippen molar-refractivity contribution in [1.82, 2.24) is 15.3 Å². The van der Waals surface area contributed by atoms with Gasteiger partial charge < -0.3 is 15.0 Å². The lowest BCUT2D eigenvalue weighted by atomic mass is 9.96. The Balaban J connectivity index is 1.87. The molecule has 0 aliphatic carbocycles. The number of amides is 1. The number of fused-ring (bicyclic) bond motifs is 1. The lowest BCUT2D eigenvalue weighted by Gasteiger charge is -2.33. The Bertz CT molecular complexity index is 979. The third kappa shape index (κ3) is 5.52. The van der Waals surface area contributed by atoms with Gasteiger partial charge in [0.1, 0.15) is 5.69 Å². The molecule has 1 N–H and O–H groups in total. The maximum atomic E-state index is 12.8. The molecule has 1 amide bonds. The molecule has 2 heterocycles. The van der Waals surface area contributed by atoms with Gasteiger partial charge in [0, 0.05) is 19.6 Å². The Morgan fingerprint density at radius 2 is 1.88 bits per heavy atom. The van der Waals surface area contributed by atoms with Gasteiger partial charge in [-0.15, -0.1) is 0 Å². The number of nitrogens with zero attached hydrogens (tertiary/aromatic N) is 4. The van der Waals surface area contributed by atoms with Crippen molar-refractivity contribution >= 4 is 28.7 Å². The Labute approximate surface area is 189 Å². The van der Waals surface area contributed by atoms with E-state index < -0.39 is 5.92 Å². The number of benzene rings is 1. The zero-order chi connectivity index (χ0) is 22.9. The number of rotatable bonds is 9. The molecule has 32 heavy (non-hydrogen) atoms. The molecule has 1 atom stereocenters. The molecule has 0 bridgehead atoms. The van der Waals surface area contributed by atoms with Crippen molar-refractivity contribution in [3.63, 3.8) is 0 Å². The van der Waals surface area contributed by atoms with Crippen LogP contribution in [0, 0.1) is 17.2 Å². The van der Waals surface area contributed by atoms with Gasteiger partial charge in [0.05, 0.1) is 29.6 Å². The molecule has 3 rings (SSSR count). The second-order valence-electron chi connectivity index (χ2n) is 7.99. The van der Waals surface area contributed by atoms with E-state index >= 15 is 0 Å². The van der Waals surface area contributed by atoms with Crippen LogP contribution in [0.5, 0.6) is 0 Å². The summed E-state index contributed by atoms with van der Waals surface area (Å²) in [6.45, 7) is 5.98. The highest BCUT2D eigenvalue weighted by Crippen LogP contribution is 2.30.